The Kier molecular flexibility index (Phi) is 8.87. The van der Waals surface area contributed by atoms with Crippen LogP contribution < -0.4 is 5.73 Å². The minimum atomic E-state index is 0.333. The molecule has 0 bridgehead atoms. The van der Waals surface area contributed by atoms with E-state index in [1.54, 1.807) is 13.8 Å². The summed E-state index contributed by atoms with van der Waals surface area (Å²) >= 11 is 0. The fourth-order valence-corrected chi connectivity index (χ4v) is 0.118. The van der Waals surface area contributed by atoms with Gasteiger partial charge in [-0.3, -0.25) is 4.79 Å². The first kappa shape index (κ1) is 11.1. The third-order valence-electron chi connectivity index (χ3n) is 0.704. The summed E-state index contributed by atoms with van der Waals surface area (Å²) in [5.41, 5.74) is 6.33. The average molecular weight is 129 g/mol. The van der Waals surface area contributed by atoms with Crippen LogP contribution in [-0.2, 0) is 4.79 Å². The molecule has 0 heterocycles. The number of hydrogen-bond donors (Lipinski definition) is 1. The van der Waals surface area contributed by atoms with Crippen LogP contribution >= 0.6 is 0 Å². The molecular weight excluding hydrogens is 114 g/mol. The van der Waals surface area contributed by atoms with E-state index < -0.39 is 0 Å². The highest BCUT2D eigenvalue weighted by Crippen LogP contribution is 1.89. The van der Waals surface area contributed by atoms with E-state index in [2.05, 4.69) is 0 Å². The molecule has 0 aliphatic carbocycles. The molecule has 0 aromatic rings. The Bertz CT molecular complexity index is 101. The molecule has 0 aliphatic rings. The molecule has 2 nitrogen and oxygen atoms in total. The Labute approximate surface area is 56.7 Å². The zero-order valence-electron chi connectivity index (χ0n) is 6.56. The molecule has 2 N–H and O–H groups in total. The zero-order chi connectivity index (χ0) is 7.86. The molecule has 2 heteroatoms. The summed E-state index contributed by atoms with van der Waals surface area (Å²) in [5, 5.41) is 0. The van der Waals surface area contributed by atoms with Crippen molar-refractivity contribution < 1.29 is 4.79 Å². The van der Waals surface area contributed by atoms with Crippen LogP contribution in [0.3, 0.4) is 0 Å². The lowest BCUT2D eigenvalue weighted by Gasteiger charge is -1.87. The second kappa shape index (κ2) is 7.21. The van der Waals surface area contributed by atoms with Crippen LogP contribution in [0.5, 0.6) is 0 Å². The van der Waals surface area contributed by atoms with Crippen molar-refractivity contribution in [3.05, 3.63) is 11.3 Å². The quantitative estimate of drug-likeness (QED) is 0.430. The van der Waals surface area contributed by atoms with Gasteiger partial charge in [0.1, 0.15) is 0 Å². The molecule has 0 rings (SSSR count). The Morgan fingerprint density at radius 2 is 1.67 bits per heavy atom. The van der Waals surface area contributed by atoms with E-state index in [-0.39, 0.29) is 0 Å². The summed E-state index contributed by atoms with van der Waals surface area (Å²) in [6.07, 6.45) is 0.648. The average Bonchev–Trinajstić information content (AvgIpc) is 1.91. The maximum Gasteiger partial charge on any atom is 0.165 e. The highest BCUT2D eigenvalue weighted by molar-refractivity contribution is 5.72. The van der Waals surface area contributed by atoms with Crippen LogP contribution in [0.2, 0.25) is 0 Å². The van der Waals surface area contributed by atoms with Gasteiger partial charge in [0.25, 0.3) is 0 Å². The second-order valence-electron chi connectivity index (χ2n) is 1.57. The van der Waals surface area contributed by atoms with Crippen molar-refractivity contribution in [3.8, 4) is 0 Å². The van der Waals surface area contributed by atoms with Crippen LogP contribution in [-0.4, -0.2) is 6.29 Å². The first-order chi connectivity index (χ1) is 4.18. The normalized spacial score (nSPS) is 6.67. The fourth-order valence-electron chi connectivity index (χ4n) is 0.118. The standard InChI is InChI=1S/C5H9NO.C2H6/c1-4(2)5(6)3-7;1-2/h3H,6H2,1-2H3;1-2H3. The summed E-state index contributed by atoms with van der Waals surface area (Å²) < 4.78 is 0. The Morgan fingerprint density at radius 1 is 1.33 bits per heavy atom. The van der Waals surface area contributed by atoms with Crippen molar-refractivity contribution in [3.63, 3.8) is 0 Å². The number of rotatable bonds is 1. The van der Waals surface area contributed by atoms with Gasteiger partial charge in [0.05, 0.1) is 5.70 Å². The number of nitrogens with two attached hydrogens (primary N) is 1. The minimum absolute atomic E-state index is 0.333. The van der Waals surface area contributed by atoms with Gasteiger partial charge < -0.3 is 5.73 Å². The third kappa shape index (κ3) is 7.21. The monoisotopic (exact) mass is 129 g/mol. The number of hydrogen-bond acceptors (Lipinski definition) is 2. The SMILES string of the molecule is CC.CC(C)=C(N)C=O. The molecule has 0 fully saturated rings. The van der Waals surface area contributed by atoms with E-state index >= 15 is 0 Å². The third-order valence-corrected chi connectivity index (χ3v) is 0.704. The molecule has 0 atom stereocenters. The van der Waals surface area contributed by atoms with Gasteiger partial charge in [-0.15, -0.1) is 0 Å². The van der Waals surface area contributed by atoms with Crippen molar-refractivity contribution in [1.29, 1.82) is 0 Å². The number of carbonyl (C=O) groups is 1. The maximum absolute atomic E-state index is 9.76. The van der Waals surface area contributed by atoms with Crippen LogP contribution in [0, 0.1) is 0 Å². The van der Waals surface area contributed by atoms with Crippen molar-refractivity contribution in [2.75, 3.05) is 0 Å². The Morgan fingerprint density at radius 3 is 1.67 bits per heavy atom. The fraction of sp³-hybridized carbons (Fsp3) is 0.571. The lowest BCUT2D eigenvalue weighted by Crippen LogP contribution is -1.99. The Hall–Kier alpha value is -0.790. The molecule has 0 radical (unpaired) electrons. The largest absolute Gasteiger partial charge is 0.396 e. The predicted octanol–water partition coefficient (Wildman–Crippen LogP) is 1.46. The molecule has 0 saturated carbocycles. The predicted molar refractivity (Wildman–Crippen MR) is 40.0 cm³/mol. The summed E-state index contributed by atoms with van der Waals surface area (Å²) in [6.45, 7) is 7.59. The smallest absolute Gasteiger partial charge is 0.165 e. The summed E-state index contributed by atoms with van der Waals surface area (Å²) in [5.74, 6) is 0. The first-order valence-electron chi connectivity index (χ1n) is 3.06. The van der Waals surface area contributed by atoms with E-state index in [1.165, 1.54) is 0 Å². The summed E-state index contributed by atoms with van der Waals surface area (Å²) in [7, 11) is 0. The number of allylic oxidation sites excluding steroid dienone is 2. The number of aldehydes is 1. The number of carbonyl (C=O) groups excluding carboxylic acids is 1. The molecule has 0 aromatic carbocycles. The maximum atomic E-state index is 9.76. The molecule has 0 spiro atoms. The van der Waals surface area contributed by atoms with Crippen molar-refractivity contribution in [2.24, 2.45) is 5.73 Å². The molecule has 0 amide bonds. The van der Waals surface area contributed by atoms with Gasteiger partial charge in [0.2, 0.25) is 0 Å². The van der Waals surface area contributed by atoms with Crippen LogP contribution in [0.25, 0.3) is 0 Å². The second-order valence-corrected chi connectivity index (χ2v) is 1.57. The van der Waals surface area contributed by atoms with E-state index in [0.29, 0.717) is 12.0 Å². The highest BCUT2D eigenvalue weighted by Gasteiger charge is 1.83. The summed E-state index contributed by atoms with van der Waals surface area (Å²) in [4.78, 5) is 9.76. The summed E-state index contributed by atoms with van der Waals surface area (Å²) in [6, 6.07) is 0. The van der Waals surface area contributed by atoms with E-state index in [0.717, 1.165) is 5.57 Å². The van der Waals surface area contributed by atoms with Crippen molar-refractivity contribution in [2.45, 2.75) is 27.7 Å². The van der Waals surface area contributed by atoms with Gasteiger partial charge in [-0.1, -0.05) is 19.4 Å². The van der Waals surface area contributed by atoms with E-state index in [1.807, 2.05) is 13.8 Å². The van der Waals surface area contributed by atoms with E-state index in [4.69, 9.17) is 5.73 Å². The zero-order valence-corrected chi connectivity index (χ0v) is 6.56. The van der Waals surface area contributed by atoms with Gasteiger partial charge in [-0.25, -0.2) is 0 Å². The van der Waals surface area contributed by atoms with Crippen molar-refractivity contribution in [1.82, 2.24) is 0 Å². The molecule has 0 saturated heterocycles. The lowest BCUT2D eigenvalue weighted by molar-refractivity contribution is -0.105. The van der Waals surface area contributed by atoms with Crippen LogP contribution in [0.4, 0.5) is 0 Å². The topological polar surface area (TPSA) is 43.1 Å². The molecule has 0 aliphatic heterocycles. The lowest BCUT2D eigenvalue weighted by atomic mass is 10.3. The minimum Gasteiger partial charge on any atom is -0.396 e. The first-order valence-corrected chi connectivity index (χ1v) is 3.06. The van der Waals surface area contributed by atoms with Crippen LogP contribution in [0.15, 0.2) is 11.3 Å². The Balaban J connectivity index is 0. The van der Waals surface area contributed by atoms with Gasteiger partial charge in [-0.2, -0.15) is 0 Å². The van der Waals surface area contributed by atoms with Gasteiger partial charge in [0.15, 0.2) is 6.29 Å². The highest BCUT2D eigenvalue weighted by atomic mass is 16.1. The molecule has 0 aromatic heterocycles. The van der Waals surface area contributed by atoms with Gasteiger partial charge in [0, 0.05) is 0 Å². The van der Waals surface area contributed by atoms with Crippen LogP contribution in [0.1, 0.15) is 27.7 Å². The molecular formula is C7H15NO. The van der Waals surface area contributed by atoms with Gasteiger partial charge >= 0.3 is 0 Å². The van der Waals surface area contributed by atoms with Crippen molar-refractivity contribution >= 4 is 6.29 Å². The van der Waals surface area contributed by atoms with Gasteiger partial charge in [-0.05, 0) is 13.8 Å². The molecule has 54 valence electrons. The van der Waals surface area contributed by atoms with E-state index in [9.17, 15) is 4.79 Å². The molecule has 0 unspecified atom stereocenters. The molecule has 9 heavy (non-hydrogen) atoms.